The van der Waals surface area contributed by atoms with E-state index in [4.69, 9.17) is 4.74 Å². The predicted octanol–water partition coefficient (Wildman–Crippen LogP) is 2.87. The molecule has 0 atom stereocenters. The molecule has 0 radical (unpaired) electrons. The lowest BCUT2D eigenvalue weighted by Gasteiger charge is -2.19. The highest BCUT2D eigenvalue weighted by molar-refractivity contribution is 6.04. The highest BCUT2D eigenvalue weighted by atomic mass is 19.1. The third-order valence-corrected chi connectivity index (χ3v) is 3.96. The average Bonchev–Trinajstić information content (AvgIpc) is 2.58. The van der Waals surface area contributed by atoms with Crippen LogP contribution in [0.15, 0.2) is 36.4 Å². The molecule has 0 bridgehead atoms. The lowest BCUT2D eigenvalue weighted by molar-refractivity contribution is 0.102. The van der Waals surface area contributed by atoms with Crippen LogP contribution in [0.2, 0.25) is 0 Å². The number of hydrogen-bond donors (Lipinski definition) is 2. The number of hydrogen-bond acceptors (Lipinski definition) is 3. The molecule has 4 nitrogen and oxygen atoms in total. The summed E-state index contributed by atoms with van der Waals surface area (Å²) in [5, 5.41) is 5.88. The van der Waals surface area contributed by atoms with Crippen molar-refractivity contribution in [2.75, 3.05) is 19.0 Å². The van der Waals surface area contributed by atoms with E-state index < -0.39 is 0 Å². The van der Waals surface area contributed by atoms with Gasteiger partial charge in [-0.3, -0.25) is 4.79 Å². The van der Waals surface area contributed by atoms with E-state index in [0.717, 1.165) is 17.7 Å². The number of fused-ring (bicyclic) bond motifs is 1. The van der Waals surface area contributed by atoms with Crippen molar-refractivity contribution in [1.29, 1.82) is 0 Å². The van der Waals surface area contributed by atoms with Crippen LogP contribution in [0.5, 0.6) is 0 Å². The maximum atomic E-state index is 14.6. The van der Waals surface area contributed by atoms with Gasteiger partial charge in [0, 0.05) is 19.2 Å². The number of halogens is 1. The molecular weight excluding hydrogens is 295 g/mol. The Labute approximate surface area is 134 Å². The van der Waals surface area contributed by atoms with Crippen LogP contribution in [-0.2, 0) is 24.3 Å². The summed E-state index contributed by atoms with van der Waals surface area (Å²) < 4.78 is 19.6. The number of carbonyl (C=O) groups excluding carboxylic acids is 1. The molecule has 2 aromatic rings. The van der Waals surface area contributed by atoms with E-state index in [1.165, 1.54) is 0 Å². The Hall–Kier alpha value is -2.24. The normalized spacial score (nSPS) is 13.5. The number of amides is 1. The Kier molecular flexibility index (Phi) is 4.69. The second-order valence-electron chi connectivity index (χ2n) is 5.58. The van der Waals surface area contributed by atoms with Crippen molar-refractivity contribution >= 4 is 11.6 Å². The van der Waals surface area contributed by atoms with Crippen molar-refractivity contribution in [3.05, 3.63) is 64.5 Å². The smallest absolute Gasteiger partial charge is 0.255 e. The van der Waals surface area contributed by atoms with Gasteiger partial charge in [0.15, 0.2) is 0 Å². The molecule has 0 saturated heterocycles. The van der Waals surface area contributed by atoms with Crippen molar-refractivity contribution in [2.45, 2.75) is 19.6 Å². The van der Waals surface area contributed by atoms with Gasteiger partial charge in [0.2, 0.25) is 0 Å². The molecule has 1 aliphatic rings. The number of anilines is 1. The fourth-order valence-electron chi connectivity index (χ4n) is 2.79. The quantitative estimate of drug-likeness (QED) is 0.912. The molecule has 23 heavy (non-hydrogen) atoms. The Bertz CT molecular complexity index is 731. The fraction of sp³-hybridized carbons (Fsp3) is 0.278. The van der Waals surface area contributed by atoms with Crippen molar-refractivity contribution in [1.82, 2.24) is 5.32 Å². The van der Waals surface area contributed by atoms with Crippen LogP contribution >= 0.6 is 0 Å². The zero-order valence-corrected chi connectivity index (χ0v) is 13.0. The third kappa shape index (κ3) is 3.41. The first-order valence-corrected chi connectivity index (χ1v) is 7.59. The molecule has 0 spiro atoms. The first-order chi connectivity index (χ1) is 11.2. The molecule has 0 saturated carbocycles. The Balaban J connectivity index is 1.81. The van der Waals surface area contributed by atoms with Crippen LogP contribution in [0.3, 0.4) is 0 Å². The minimum atomic E-state index is -0.328. The SMILES string of the molecule is COCc1cccc(C(=O)Nc2ccc3c(c2F)CCNC3)c1. The Morgan fingerprint density at radius 2 is 2.22 bits per heavy atom. The second-order valence-corrected chi connectivity index (χ2v) is 5.58. The van der Waals surface area contributed by atoms with E-state index in [-0.39, 0.29) is 17.4 Å². The Morgan fingerprint density at radius 3 is 3.04 bits per heavy atom. The van der Waals surface area contributed by atoms with Crippen molar-refractivity contribution in [3.8, 4) is 0 Å². The molecule has 1 aliphatic heterocycles. The van der Waals surface area contributed by atoms with Crippen LogP contribution in [0.25, 0.3) is 0 Å². The summed E-state index contributed by atoms with van der Waals surface area (Å²) in [4.78, 5) is 12.4. The van der Waals surface area contributed by atoms with Crippen LogP contribution in [0.1, 0.15) is 27.0 Å². The van der Waals surface area contributed by atoms with E-state index in [1.54, 1.807) is 31.4 Å². The van der Waals surface area contributed by atoms with Gasteiger partial charge in [0.05, 0.1) is 12.3 Å². The van der Waals surface area contributed by atoms with Crippen molar-refractivity contribution < 1.29 is 13.9 Å². The van der Waals surface area contributed by atoms with Gasteiger partial charge in [0.25, 0.3) is 5.91 Å². The largest absolute Gasteiger partial charge is 0.380 e. The topological polar surface area (TPSA) is 50.4 Å². The number of rotatable bonds is 4. The minimum Gasteiger partial charge on any atom is -0.380 e. The third-order valence-electron chi connectivity index (χ3n) is 3.96. The summed E-state index contributed by atoms with van der Waals surface area (Å²) in [6, 6.07) is 10.6. The monoisotopic (exact) mass is 314 g/mol. The Morgan fingerprint density at radius 1 is 1.35 bits per heavy atom. The summed E-state index contributed by atoms with van der Waals surface area (Å²) in [6.45, 7) is 1.85. The lowest BCUT2D eigenvalue weighted by Crippen LogP contribution is -2.25. The lowest BCUT2D eigenvalue weighted by atomic mass is 9.99. The number of nitrogens with one attached hydrogen (secondary N) is 2. The molecule has 0 aromatic heterocycles. The zero-order valence-electron chi connectivity index (χ0n) is 13.0. The van der Waals surface area contributed by atoms with Gasteiger partial charge in [-0.25, -0.2) is 4.39 Å². The maximum absolute atomic E-state index is 14.6. The van der Waals surface area contributed by atoms with E-state index in [9.17, 15) is 9.18 Å². The predicted molar refractivity (Wildman–Crippen MR) is 86.9 cm³/mol. The molecule has 1 amide bonds. The zero-order chi connectivity index (χ0) is 16.2. The summed E-state index contributed by atoms with van der Waals surface area (Å²) in [6.07, 6.45) is 0.633. The number of carbonyl (C=O) groups is 1. The van der Waals surface area contributed by atoms with Crippen molar-refractivity contribution in [2.24, 2.45) is 0 Å². The van der Waals surface area contributed by atoms with Gasteiger partial charge in [-0.2, -0.15) is 0 Å². The number of benzene rings is 2. The minimum absolute atomic E-state index is 0.229. The standard InChI is InChI=1S/C18H19FN2O2/c1-23-11-12-3-2-4-13(9-12)18(22)21-16-6-5-14-10-20-8-7-15(14)17(16)19/h2-6,9,20H,7-8,10-11H2,1H3,(H,21,22). The van der Waals surface area contributed by atoms with Gasteiger partial charge >= 0.3 is 0 Å². The van der Waals surface area contributed by atoms with Crippen LogP contribution < -0.4 is 10.6 Å². The van der Waals surface area contributed by atoms with Gasteiger partial charge < -0.3 is 15.4 Å². The highest BCUT2D eigenvalue weighted by Gasteiger charge is 2.18. The van der Waals surface area contributed by atoms with E-state index in [2.05, 4.69) is 10.6 Å². The molecule has 2 aromatic carbocycles. The fourth-order valence-corrected chi connectivity index (χ4v) is 2.79. The van der Waals surface area contributed by atoms with Gasteiger partial charge in [-0.1, -0.05) is 18.2 Å². The molecule has 120 valence electrons. The molecule has 1 heterocycles. The first kappa shape index (κ1) is 15.6. The van der Waals surface area contributed by atoms with Gasteiger partial charge in [0.1, 0.15) is 5.82 Å². The number of methoxy groups -OCH3 is 1. The first-order valence-electron chi connectivity index (χ1n) is 7.59. The summed E-state index contributed by atoms with van der Waals surface area (Å²) in [5.74, 6) is -0.652. The highest BCUT2D eigenvalue weighted by Crippen LogP contribution is 2.25. The number of ether oxygens (including phenoxy) is 1. The molecular formula is C18H19FN2O2. The van der Waals surface area contributed by atoms with Crippen LogP contribution in [-0.4, -0.2) is 19.6 Å². The molecule has 0 unspecified atom stereocenters. The second kappa shape index (κ2) is 6.89. The van der Waals surface area contributed by atoms with Gasteiger partial charge in [-0.15, -0.1) is 0 Å². The average molecular weight is 314 g/mol. The van der Waals surface area contributed by atoms with Crippen LogP contribution in [0, 0.1) is 5.82 Å². The van der Waals surface area contributed by atoms with Gasteiger partial charge in [-0.05, 0) is 47.9 Å². The molecule has 3 rings (SSSR count). The summed E-state index contributed by atoms with van der Waals surface area (Å²) in [5.41, 5.74) is 3.26. The summed E-state index contributed by atoms with van der Waals surface area (Å²) in [7, 11) is 1.60. The molecule has 2 N–H and O–H groups in total. The van der Waals surface area contributed by atoms with Crippen LogP contribution in [0.4, 0.5) is 10.1 Å². The van der Waals surface area contributed by atoms with E-state index in [0.29, 0.717) is 30.7 Å². The van der Waals surface area contributed by atoms with E-state index >= 15 is 0 Å². The maximum Gasteiger partial charge on any atom is 0.255 e. The molecule has 0 fully saturated rings. The molecule has 0 aliphatic carbocycles. The molecule has 5 heteroatoms. The summed E-state index contributed by atoms with van der Waals surface area (Å²) >= 11 is 0. The van der Waals surface area contributed by atoms with E-state index in [1.807, 2.05) is 12.1 Å². The van der Waals surface area contributed by atoms with Crippen molar-refractivity contribution in [3.63, 3.8) is 0 Å².